The molecule has 2 amide bonds. The third-order valence-corrected chi connectivity index (χ3v) is 5.52. The molecule has 0 bridgehead atoms. The minimum absolute atomic E-state index is 0.0137. The number of rotatable bonds is 8. The second kappa shape index (κ2) is 15.1. The number of amides is 2. The van der Waals surface area contributed by atoms with Crippen molar-refractivity contribution in [1.29, 1.82) is 0 Å². The fourth-order valence-electron chi connectivity index (χ4n) is 3.08. The fraction of sp³-hybridized carbons (Fsp3) is 0.429. The van der Waals surface area contributed by atoms with Crippen LogP contribution in [-0.4, -0.2) is 58.9 Å². The fourth-order valence-corrected chi connectivity index (χ4v) is 3.49. The number of benzene rings is 2. The summed E-state index contributed by atoms with van der Waals surface area (Å²) in [5.74, 6) is -3.19. The number of aliphatic carboxylic acids is 2. The van der Waals surface area contributed by atoms with Gasteiger partial charge >= 0.3 is 24.1 Å². The Balaban J connectivity index is 0.000000410. The number of carboxylic acids is 2. The normalized spacial score (nSPS) is 12.5. The first-order valence-electron chi connectivity index (χ1n) is 12.3. The zero-order valence-corrected chi connectivity index (χ0v) is 25.1. The number of alkyl carbamates (subject to hydrolysis) is 2. The number of carboxylic acid groups (broad SMARTS) is 2. The van der Waals surface area contributed by atoms with E-state index in [4.69, 9.17) is 19.3 Å². The highest BCUT2D eigenvalue weighted by Gasteiger charge is 2.27. The zero-order valence-electron chi connectivity index (χ0n) is 24.2. The molecular weight excluding hydrogens is 559 g/mol. The van der Waals surface area contributed by atoms with Gasteiger partial charge in [0.25, 0.3) is 0 Å². The molecule has 2 unspecified atom stereocenters. The topological polar surface area (TPSA) is 160 Å². The quantitative estimate of drug-likeness (QED) is 0.285. The van der Waals surface area contributed by atoms with Crippen LogP contribution in [0.2, 0.25) is 0 Å². The van der Waals surface area contributed by atoms with Crippen LogP contribution < -0.4 is 15.4 Å². The van der Waals surface area contributed by atoms with E-state index in [1.165, 1.54) is 19.2 Å². The van der Waals surface area contributed by atoms with E-state index in [9.17, 15) is 28.7 Å². The van der Waals surface area contributed by atoms with Gasteiger partial charge in [-0.05, 0) is 83.2 Å². The van der Waals surface area contributed by atoms with Gasteiger partial charge in [0.1, 0.15) is 11.2 Å². The highest BCUT2D eigenvalue weighted by Crippen LogP contribution is 2.23. The molecule has 0 saturated carbocycles. The molecule has 4 N–H and O–H groups in total. The summed E-state index contributed by atoms with van der Waals surface area (Å²) in [6.45, 7) is 10.1. The Morgan fingerprint density at radius 2 is 1.20 bits per heavy atom. The lowest BCUT2D eigenvalue weighted by molar-refractivity contribution is -0.140. The molecule has 2 aromatic carbocycles. The average molecular weight is 597 g/mol. The number of carbonyl (C=O) groups excluding carboxylic acids is 2. The average Bonchev–Trinajstić information content (AvgIpc) is 2.84. The molecule has 2 rings (SSSR count). The third-order valence-electron chi connectivity index (χ3n) is 4.77. The molecule has 41 heavy (non-hydrogen) atoms. The lowest BCUT2D eigenvalue weighted by atomic mass is 10.1. The van der Waals surface area contributed by atoms with E-state index >= 15 is 0 Å². The van der Waals surface area contributed by atoms with Crippen LogP contribution >= 0.6 is 11.8 Å². The monoisotopic (exact) mass is 596 g/mol. The molecule has 0 aliphatic carbocycles. The second-order valence-corrected chi connectivity index (χ2v) is 11.4. The molecule has 0 radical (unpaired) electrons. The molecule has 0 aliphatic rings. The first-order valence-corrected chi connectivity index (χ1v) is 13.5. The molecule has 226 valence electrons. The van der Waals surface area contributed by atoms with Crippen LogP contribution in [0.3, 0.4) is 0 Å². The molecule has 2 atom stereocenters. The van der Waals surface area contributed by atoms with E-state index in [1.54, 1.807) is 65.4 Å². The molecule has 0 fully saturated rings. The summed E-state index contributed by atoms with van der Waals surface area (Å²) in [4.78, 5) is 46.9. The van der Waals surface area contributed by atoms with Crippen molar-refractivity contribution in [3.8, 4) is 5.75 Å². The molecular formula is C28H37FN2O9S. The molecule has 2 aromatic rings. The van der Waals surface area contributed by atoms with Gasteiger partial charge in [0.2, 0.25) is 0 Å². The van der Waals surface area contributed by atoms with Gasteiger partial charge in [0.15, 0.2) is 23.7 Å². The number of halogens is 1. The Hall–Kier alpha value is -4.00. The maximum atomic E-state index is 13.6. The summed E-state index contributed by atoms with van der Waals surface area (Å²) in [7, 11) is 1.30. The predicted octanol–water partition coefficient (Wildman–Crippen LogP) is 5.54. The lowest BCUT2D eigenvalue weighted by Gasteiger charge is -2.22. The van der Waals surface area contributed by atoms with Crippen molar-refractivity contribution in [2.24, 2.45) is 0 Å². The Kier molecular flexibility index (Phi) is 12.9. The van der Waals surface area contributed by atoms with Crippen molar-refractivity contribution in [1.82, 2.24) is 10.6 Å². The SMILES string of the molecule is COc1ccc(C(NC(=O)OC(C)(C)C)C(=O)O)cc1F.CSc1ccc(C(NC(=O)OC(C)(C)C)C(=O)O)cc1. The second-order valence-electron chi connectivity index (χ2n) is 10.5. The van der Waals surface area contributed by atoms with Crippen LogP contribution in [0.15, 0.2) is 47.4 Å². The number of nitrogens with one attached hydrogen (secondary N) is 2. The third kappa shape index (κ3) is 12.8. The molecule has 0 aromatic heterocycles. The number of hydrogen-bond donors (Lipinski definition) is 4. The summed E-state index contributed by atoms with van der Waals surface area (Å²) < 4.78 is 28.4. The van der Waals surface area contributed by atoms with Gasteiger partial charge in [-0.1, -0.05) is 18.2 Å². The molecule has 13 heteroatoms. The molecule has 0 saturated heterocycles. The first kappa shape index (κ1) is 35.0. The van der Waals surface area contributed by atoms with Gasteiger partial charge < -0.3 is 35.1 Å². The van der Waals surface area contributed by atoms with E-state index in [-0.39, 0.29) is 11.3 Å². The Bertz CT molecular complexity index is 1210. The van der Waals surface area contributed by atoms with Crippen LogP contribution in [0.1, 0.15) is 64.8 Å². The van der Waals surface area contributed by atoms with Gasteiger partial charge in [0.05, 0.1) is 7.11 Å². The Morgan fingerprint density at radius 3 is 1.54 bits per heavy atom. The first-order chi connectivity index (χ1) is 18.9. The van der Waals surface area contributed by atoms with Gasteiger partial charge in [-0.3, -0.25) is 0 Å². The van der Waals surface area contributed by atoms with E-state index in [0.29, 0.717) is 5.56 Å². The summed E-state index contributed by atoms with van der Waals surface area (Å²) in [6, 6.07) is 8.09. The summed E-state index contributed by atoms with van der Waals surface area (Å²) in [5, 5.41) is 22.9. The van der Waals surface area contributed by atoms with E-state index in [0.717, 1.165) is 11.0 Å². The number of carbonyl (C=O) groups is 4. The number of methoxy groups -OCH3 is 1. The van der Waals surface area contributed by atoms with Crippen LogP contribution in [0.5, 0.6) is 5.75 Å². The van der Waals surface area contributed by atoms with E-state index < -0.39 is 53.2 Å². The van der Waals surface area contributed by atoms with Crippen molar-refractivity contribution >= 4 is 35.9 Å². The van der Waals surface area contributed by atoms with E-state index in [1.807, 2.05) is 18.4 Å². The molecule has 0 spiro atoms. The van der Waals surface area contributed by atoms with Gasteiger partial charge in [-0.2, -0.15) is 0 Å². The van der Waals surface area contributed by atoms with Crippen LogP contribution in [-0.2, 0) is 19.1 Å². The van der Waals surface area contributed by atoms with Gasteiger partial charge in [0, 0.05) is 4.90 Å². The smallest absolute Gasteiger partial charge is 0.408 e. The van der Waals surface area contributed by atoms with Gasteiger partial charge in [-0.15, -0.1) is 11.8 Å². The van der Waals surface area contributed by atoms with Crippen molar-refractivity contribution in [3.05, 3.63) is 59.4 Å². The lowest BCUT2D eigenvalue weighted by Crippen LogP contribution is -2.38. The highest BCUT2D eigenvalue weighted by atomic mass is 32.2. The predicted molar refractivity (Wildman–Crippen MR) is 151 cm³/mol. The highest BCUT2D eigenvalue weighted by molar-refractivity contribution is 7.98. The van der Waals surface area contributed by atoms with E-state index in [2.05, 4.69) is 10.6 Å². The zero-order chi connectivity index (χ0) is 31.5. The van der Waals surface area contributed by atoms with Crippen LogP contribution in [0.25, 0.3) is 0 Å². The Labute approximate surface area is 242 Å². The summed E-state index contributed by atoms with van der Waals surface area (Å²) >= 11 is 1.56. The summed E-state index contributed by atoms with van der Waals surface area (Å²) in [5.41, 5.74) is -0.860. The number of thioether (sulfide) groups is 1. The van der Waals surface area contributed by atoms with Crippen LogP contribution in [0, 0.1) is 5.82 Å². The van der Waals surface area contributed by atoms with Crippen molar-refractivity contribution in [3.63, 3.8) is 0 Å². The number of ether oxygens (including phenoxy) is 3. The largest absolute Gasteiger partial charge is 0.494 e. The van der Waals surface area contributed by atoms with Crippen LogP contribution in [0.4, 0.5) is 14.0 Å². The van der Waals surface area contributed by atoms with Crippen molar-refractivity contribution in [2.45, 2.75) is 69.7 Å². The summed E-state index contributed by atoms with van der Waals surface area (Å²) in [6.07, 6.45) is 0.285. The molecule has 11 nitrogen and oxygen atoms in total. The maximum absolute atomic E-state index is 13.6. The maximum Gasteiger partial charge on any atom is 0.408 e. The van der Waals surface area contributed by atoms with Crippen molar-refractivity contribution in [2.75, 3.05) is 13.4 Å². The molecule has 0 heterocycles. The van der Waals surface area contributed by atoms with Gasteiger partial charge in [-0.25, -0.2) is 23.6 Å². The minimum atomic E-state index is -1.42. The molecule has 0 aliphatic heterocycles. The standard InChI is InChI=1S/C14H18FNO5.C14H19NO4S/c1-14(2,3)21-13(19)16-11(12(17)18)8-5-6-10(20-4)9(15)7-8;1-14(2,3)19-13(18)15-11(12(16)17)9-5-7-10(20-4)8-6-9/h5-7,11H,1-4H3,(H,16,19)(H,17,18);5-8,11H,1-4H3,(H,15,18)(H,16,17). The van der Waals surface area contributed by atoms with Crippen molar-refractivity contribution < 1.29 is 48.0 Å². The Morgan fingerprint density at radius 1 is 0.780 bits per heavy atom. The minimum Gasteiger partial charge on any atom is -0.494 e. The number of hydrogen-bond acceptors (Lipinski definition) is 8.